The van der Waals surface area contributed by atoms with Crippen molar-refractivity contribution >= 4 is 23.2 Å². The Morgan fingerprint density at radius 2 is 1.83 bits per heavy atom. The molecule has 1 aliphatic heterocycles. The zero-order valence-corrected chi connectivity index (χ0v) is 16.7. The van der Waals surface area contributed by atoms with Crippen molar-refractivity contribution in [3.63, 3.8) is 0 Å². The zero-order valence-electron chi connectivity index (χ0n) is 16.7. The Hall–Kier alpha value is -3.35. The van der Waals surface area contributed by atoms with Crippen LogP contribution in [0.1, 0.15) is 35.7 Å². The third-order valence-corrected chi connectivity index (χ3v) is 4.75. The Morgan fingerprint density at radius 1 is 1.10 bits per heavy atom. The summed E-state index contributed by atoms with van der Waals surface area (Å²) in [6.07, 6.45) is 1.32. The topological polar surface area (TPSA) is 80.2 Å². The number of ether oxygens (including phenoxy) is 1. The molecule has 0 unspecified atom stereocenters. The van der Waals surface area contributed by atoms with Crippen LogP contribution in [0, 0.1) is 0 Å². The van der Waals surface area contributed by atoms with Crippen LogP contribution in [-0.2, 0) is 11.4 Å². The Bertz CT molecular complexity index is 886. The van der Waals surface area contributed by atoms with E-state index in [1.807, 2.05) is 30.3 Å². The van der Waals surface area contributed by atoms with Crippen molar-refractivity contribution in [3.8, 4) is 5.75 Å². The highest BCUT2D eigenvalue weighted by Gasteiger charge is 2.20. The van der Waals surface area contributed by atoms with E-state index in [2.05, 4.69) is 10.5 Å². The maximum Gasteiger partial charge on any atom is 0.321 e. The van der Waals surface area contributed by atoms with Crippen molar-refractivity contribution in [1.82, 2.24) is 4.90 Å². The Kier molecular flexibility index (Phi) is 6.84. The molecule has 2 amide bonds. The summed E-state index contributed by atoms with van der Waals surface area (Å²) in [7, 11) is 1.58. The van der Waals surface area contributed by atoms with Gasteiger partial charge in [-0.05, 0) is 37.3 Å². The van der Waals surface area contributed by atoms with Gasteiger partial charge in [-0.2, -0.15) is 0 Å². The fraction of sp³-hybridized carbons (Fsp3) is 0.318. The molecule has 0 spiro atoms. The Balaban J connectivity index is 1.51. The lowest BCUT2D eigenvalue weighted by Crippen LogP contribution is -2.41. The summed E-state index contributed by atoms with van der Waals surface area (Å²) in [6.45, 7) is 2.91. The summed E-state index contributed by atoms with van der Waals surface area (Å²) in [6, 6.07) is 14.5. The van der Waals surface area contributed by atoms with Crippen molar-refractivity contribution in [2.45, 2.75) is 26.4 Å². The quantitative estimate of drug-likeness (QED) is 0.590. The molecule has 1 aliphatic rings. The van der Waals surface area contributed by atoms with Gasteiger partial charge in [0.25, 0.3) is 0 Å². The predicted molar refractivity (Wildman–Crippen MR) is 111 cm³/mol. The van der Waals surface area contributed by atoms with Crippen LogP contribution in [-0.4, -0.2) is 42.6 Å². The molecule has 0 aromatic heterocycles. The van der Waals surface area contributed by atoms with Gasteiger partial charge in [-0.3, -0.25) is 4.79 Å². The number of oxime groups is 1. The van der Waals surface area contributed by atoms with E-state index in [0.29, 0.717) is 37.2 Å². The summed E-state index contributed by atoms with van der Waals surface area (Å²) in [4.78, 5) is 31.2. The first-order valence-corrected chi connectivity index (χ1v) is 9.53. The Labute approximate surface area is 170 Å². The second-order valence-electron chi connectivity index (χ2n) is 6.80. The standard InChI is InChI=1S/C22H25N3O4/c1-16(26)17-8-9-21(28-2)18(14-17)15-29-24-20-10-12-25(13-11-20)22(27)23-19-6-4-3-5-7-19/h3-9,14H,10-13,15H2,1-2H3,(H,23,27). The minimum Gasteiger partial charge on any atom is -0.496 e. The fourth-order valence-electron chi connectivity index (χ4n) is 3.09. The van der Waals surface area contributed by atoms with Crippen molar-refractivity contribution in [3.05, 3.63) is 59.7 Å². The molecule has 2 aromatic carbocycles. The van der Waals surface area contributed by atoms with Gasteiger partial charge in [0.2, 0.25) is 0 Å². The van der Waals surface area contributed by atoms with Gasteiger partial charge in [0, 0.05) is 42.7 Å². The molecule has 29 heavy (non-hydrogen) atoms. The van der Waals surface area contributed by atoms with Gasteiger partial charge < -0.3 is 19.8 Å². The van der Waals surface area contributed by atoms with Crippen LogP contribution in [0.2, 0.25) is 0 Å². The van der Waals surface area contributed by atoms with E-state index in [9.17, 15) is 9.59 Å². The number of Topliss-reactive ketones (excluding diaryl/α,β-unsaturated/α-hetero) is 1. The number of amides is 2. The van der Waals surface area contributed by atoms with Gasteiger partial charge in [0.05, 0.1) is 12.8 Å². The van der Waals surface area contributed by atoms with E-state index in [-0.39, 0.29) is 18.4 Å². The van der Waals surface area contributed by atoms with E-state index < -0.39 is 0 Å². The van der Waals surface area contributed by atoms with Crippen LogP contribution >= 0.6 is 0 Å². The van der Waals surface area contributed by atoms with Gasteiger partial charge >= 0.3 is 6.03 Å². The minimum atomic E-state index is -0.109. The van der Waals surface area contributed by atoms with Crippen LogP contribution in [0.15, 0.2) is 53.7 Å². The van der Waals surface area contributed by atoms with Gasteiger partial charge in [0.1, 0.15) is 12.4 Å². The smallest absolute Gasteiger partial charge is 0.321 e. The molecule has 0 radical (unpaired) electrons. The maximum atomic E-state index is 12.3. The van der Waals surface area contributed by atoms with E-state index in [1.54, 1.807) is 30.2 Å². The van der Waals surface area contributed by atoms with E-state index in [1.165, 1.54) is 6.92 Å². The number of anilines is 1. The molecule has 1 saturated heterocycles. The number of urea groups is 1. The van der Waals surface area contributed by atoms with Gasteiger partial charge in [-0.15, -0.1) is 0 Å². The number of carbonyl (C=O) groups excluding carboxylic acids is 2. The van der Waals surface area contributed by atoms with Crippen LogP contribution in [0.3, 0.4) is 0 Å². The number of hydrogen-bond acceptors (Lipinski definition) is 5. The number of carbonyl (C=O) groups is 2. The molecule has 0 atom stereocenters. The third-order valence-electron chi connectivity index (χ3n) is 4.75. The summed E-state index contributed by atoms with van der Waals surface area (Å²) >= 11 is 0. The van der Waals surface area contributed by atoms with Crippen LogP contribution in [0.4, 0.5) is 10.5 Å². The monoisotopic (exact) mass is 395 g/mol. The van der Waals surface area contributed by atoms with Crippen molar-refractivity contribution in [1.29, 1.82) is 0 Å². The second-order valence-corrected chi connectivity index (χ2v) is 6.80. The lowest BCUT2D eigenvalue weighted by Gasteiger charge is -2.27. The molecule has 1 heterocycles. The molecule has 1 fully saturated rings. The number of nitrogens with one attached hydrogen (secondary N) is 1. The number of piperidine rings is 1. The fourth-order valence-corrected chi connectivity index (χ4v) is 3.09. The van der Waals surface area contributed by atoms with Crippen molar-refractivity contribution < 1.29 is 19.2 Å². The van der Waals surface area contributed by atoms with Crippen LogP contribution in [0.5, 0.6) is 5.75 Å². The van der Waals surface area contributed by atoms with Crippen LogP contribution in [0.25, 0.3) is 0 Å². The molecule has 0 saturated carbocycles. The summed E-state index contributed by atoms with van der Waals surface area (Å²) in [5, 5.41) is 7.12. The molecule has 2 aromatic rings. The number of rotatable bonds is 6. The number of methoxy groups -OCH3 is 1. The summed E-state index contributed by atoms with van der Waals surface area (Å²) in [5.74, 6) is 0.643. The van der Waals surface area contributed by atoms with Gasteiger partial charge in [-0.25, -0.2) is 4.79 Å². The molecule has 1 N–H and O–H groups in total. The number of nitrogens with zero attached hydrogens (tertiary/aromatic N) is 2. The number of para-hydroxylation sites is 1. The normalized spacial score (nSPS) is 13.6. The molecule has 0 aliphatic carbocycles. The van der Waals surface area contributed by atoms with Gasteiger partial charge in [-0.1, -0.05) is 23.4 Å². The summed E-state index contributed by atoms with van der Waals surface area (Å²) in [5.41, 5.74) is 3.07. The van der Waals surface area contributed by atoms with Crippen LogP contribution < -0.4 is 10.1 Å². The number of ketones is 1. The molecule has 7 heteroatoms. The maximum absolute atomic E-state index is 12.3. The van der Waals surface area contributed by atoms with Crippen molar-refractivity contribution in [2.75, 3.05) is 25.5 Å². The average Bonchev–Trinajstić information content (AvgIpc) is 2.74. The first-order chi connectivity index (χ1) is 14.1. The second kappa shape index (κ2) is 9.73. The van der Waals surface area contributed by atoms with Crippen molar-refractivity contribution in [2.24, 2.45) is 5.16 Å². The molecular weight excluding hydrogens is 370 g/mol. The average molecular weight is 395 g/mol. The molecule has 0 bridgehead atoms. The lowest BCUT2D eigenvalue weighted by atomic mass is 10.1. The first kappa shape index (κ1) is 20.4. The van der Waals surface area contributed by atoms with E-state index in [4.69, 9.17) is 9.57 Å². The zero-order chi connectivity index (χ0) is 20.6. The number of likely N-dealkylation sites (tertiary alicyclic amines) is 1. The molecule has 152 valence electrons. The first-order valence-electron chi connectivity index (χ1n) is 9.53. The van der Waals surface area contributed by atoms with Gasteiger partial charge in [0.15, 0.2) is 5.78 Å². The lowest BCUT2D eigenvalue weighted by molar-refractivity contribution is 0.101. The highest BCUT2D eigenvalue weighted by atomic mass is 16.6. The highest BCUT2D eigenvalue weighted by Crippen LogP contribution is 2.21. The van der Waals surface area contributed by atoms with E-state index >= 15 is 0 Å². The molecular formula is C22H25N3O4. The predicted octanol–water partition coefficient (Wildman–Crippen LogP) is 4.10. The number of hydrogen-bond donors (Lipinski definition) is 1. The largest absolute Gasteiger partial charge is 0.496 e. The molecule has 7 nitrogen and oxygen atoms in total. The number of benzene rings is 2. The third kappa shape index (κ3) is 5.57. The minimum absolute atomic E-state index is 0.0126. The SMILES string of the molecule is COc1ccc(C(C)=O)cc1CON=C1CCN(C(=O)Nc2ccccc2)CC1. The highest BCUT2D eigenvalue weighted by molar-refractivity contribution is 5.94. The molecule has 3 rings (SSSR count). The van der Waals surface area contributed by atoms with E-state index in [0.717, 1.165) is 17.0 Å². The summed E-state index contributed by atoms with van der Waals surface area (Å²) < 4.78 is 5.32. The Morgan fingerprint density at radius 3 is 2.48 bits per heavy atom.